The van der Waals surface area contributed by atoms with Crippen molar-refractivity contribution in [3.8, 4) is 0 Å². The minimum atomic E-state index is -0.0866. The van der Waals surface area contributed by atoms with Crippen LogP contribution in [0.5, 0.6) is 0 Å². The summed E-state index contributed by atoms with van der Waals surface area (Å²) in [5, 5.41) is 0. The summed E-state index contributed by atoms with van der Waals surface area (Å²) in [5.41, 5.74) is 0. The Morgan fingerprint density at radius 3 is 2.15 bits per heavy atom. The van der Waals surface area contributed by atoms with Crippen LogP contribution in [0, 0.1) is 0 Å². The monoisotopic (exact) mass is 184 g/mol. The Balaban J connectivity index is 3.66. The molecule has 0 fully saturated rings. The predicted octanol–water partition coefficient (Wildman–Crippen LogP) is 2.91. The molecule has 0 aromatic rings. The molecule has 0 amide bonds. The molecule has 0 saturated carbocycles. The molecular formula is C11H20O2. The molecule has 2 heteroatoms. The number of ether oxygens (including phenoxy) is 2. The van der Waals surface area contributed by atoms with Gasteiger partial charge < -0.3 is 9.47 Å². The van der Waals surface area contributed by atoms with E-state index in [4.69, 9.17) is 9.47 Å². The normalized spacial score (nSPS) is 12.3. The zero-order valence-corrected chi connectivity index (χ0v) is 8.82. The molecule has 13 heavy (non-hydrogen) atoms. The van der Waals surface area contributed by atoms with Gasteiger partial charge in [0.2, 0.25) is 0 Å². The van der Waals surface area contributed by atoms with E-state index < -0.39 is 0 Å². The highest BCUT2D eigenvalue weighted by Crippen LogP contribution is 2.01. The molecule has 0 saturated heterocycles. The topological polar surface area (TPSA) is 18.5 Å². The fourth-order valence-electron chi connectivity index (χ4n) is 0.935. The number of rotatable bonds is 7. The zero-order valence-electron chi connectivity index (χ0n) is 8.82. The van der Waals surface area contributed by atoms with Gasteiger partial charge in [-0.25, -0.2) is 0 Å². The highest BCUT2D eigenvalue weighted by atomic mass is 16.7. The van der Waals surface area contributed by atoms with Crippen molar-refractivity contribution in [2.24, 2.45) is 0 Å². The van der Waals surface area contributed by atoms with Crippen molar-refractivity contribution < 1.29 is 9.47 Å². The fraction of sp³-hybridized carbons (Fsp3) is 0.636. The molecule has 2 nitrogen and oxygen atoms in total. The smallest absolute Gasteiger partial charge is 0.160 e. The molecule has 0 aromatic carbocycles. The molecule has 76 valence electrons. The van der Waals surface area contributed by atoms with Gasteiger partial charge in [-0.3, -0.25) is 0 Å². The van der Waals surface area contributed by atoms with Gasteiger partial charge in [-0.1, -0.05) is 24.3 Å². The van der Waals surface area contributed by atoms with Gasteiger partial charge in [0.05, 0.1) is 0 Å². The lowest BCUT2D eigenvalue weighted by atomic mass is 10.3. The van der Waals surface area contributed by atoms with Gasteiger partial charge in [0.15, 0.2) is 6.29 Å². The van der Waals surface area contributed by atoms with Crippen molar-refractivity contribution in [2.75, 3.05) is 13.2 Å². The summed E-state index contributed by atoms with van der Waals surface area (Å²) in [6, 6.07) is 0. The molecule has 0 radical (unpaired) electrons. The van der Waals surface area contributed by atoms with Crippen LogP contribution < -0.4 is 0 Å². The summed E-state index contributed by atoms with van der Waals surface area (Å²) >= 11 is 0. The molecule has 0 rings (SSSR count). The molecular weight excluding hydrogens is 164 g/mol. The Bertz CT molecular complexity index is 144. The van der Waals surface area contributed by atoms with Crippen LogP contribution in [0.1, 0.15) is 27.2 Å². The van der Waals surface area contributed by atoms with Gasteiger partial charge in [-0.15, -0.1) is 0 Å². The summed E-state index contributed by atoms with van der Waals surface area (Å²) < 4.78 is 10.7. The first-order valence-electron chi connectivity index (χ1n) is 4.86. The maximum Gasteiger partial charge on any atom is 0.160 e. The highest BCUT2D eigenvalue weighted by molar-refractivity contribution is 5.01. The van der Waals surface area contributed by atoms with Gasteiger partial charge >= 0.3 is 0 Å². The molecule has 0 aromatic heterocycles. The van der Waals surface area contributed by atoms with Crippen LogP contribution in [0.25, 0.3) is 0 Å². The molecule has 0 unspecified atom stereocenters. The molecule has 0 aliphatic rings. The van der Waals surface area contributed by atoms with E-state index in [1.165, 1.54) is 0 Å². The molecule has 0 spiro atoms. The minimum Gasteiger partial charge on any atom is -0.353 e. The molecule has 0 atom stereocenters. The van der Waals surface area contributed by atoms with Crippen molar-refractivity contribution in [2.45, 2.75) is 33.5 Å². The molecule has 0 N–H and O–H groups in total. The van der Waals surface area contributed by atoms with Crippen molar-refractivity contribution >= 4 is 0 Å². The minimum absolute atomic E-state index is 0.0866. The van der Waals surface area contributed by atoms with Gasteiger partial charge in [-0.2, -0.15) is 0 Å². The van der Waals surface area contributed by atoms with Crippen LogP contribution in [0.3, 0.4) is 0 Å². The van der Waals surface area contributed by atoms with E-state index in [1.54, 1.807) is 0 Å². The van der Waals surface area contributed by atoms with Crippen LogP contribution >= 0.6 is 0 Å². The first kappa shape index (κ1) is 12.4. The standard InChI is InChI=1S/C11H20O2/c1-4-7-8-9-10-11(12-5-2)13-6-3/h4,7-9,11H,5-6,10H2,1-3H3/b7-4+,9-8+. The van der Waals surface area contributed by atoms with E-state index >= 15 is 0 Å². The third kappa shape index (κ3) is 7.75. The maximum atomic E-state index is 5.37. The Morgan fingerprint density at radius 1 is 1.08 bits per heavy atom. The third-order valence-corrected chi connectivity index (χ3v) is 1.47. The van der Waals surface area contributed by atoms with Gasteiger partial charge in [-0.05, 0) is 20.8 Å². The molecule has 0 aliphatic heterocycles. The predicted molar refractivity (Wildman–Crippen MR) is 55.6 cm³/mol. The van der Waals surface area contributed by atoms with E-state index in [0.717, 1.165) is 6.42 Å². The quantitative estimate of drug-likeness (QED) is 0.447. The summed E-state index contributed by atoms with van der Waals surface area (Å²) in [7, 11) is 0. The Morgan fingerprint density at radius 2 is 1.69 bits per heavy atom. The van der Waals surface area contributed by atoms with Crippen LogP contribution in [0.15, 0.2) is 24.3 Å². The summed E-state index contributed by atoms with van der Waals surface area (Å²) in [6.07, 6.45) is 8.77. The Labute approximate surface area is 81.2 Å². The van der Waals surface area contributed by atoms with Crippen LogP contribution in [0.4, 0.5) is 0 Å². The number of hydrogen-bond donors (Lipinski definition) is 0. The van der Waals surface area contributed by atoms with Crippen molar-refractivity contribution in [1.29, 1.82) is 0 Å². The molecule has 0 heterocycles. The number of hydrogen-bond acceptors (Lipinski definition) is 2. The first-order valence-corrected chi connectivity index (χ1v) is 4.86. The second kappa shape index (κ2) is 9.49. The van der Waals surface area contributed by atoms with Crippen molar-refractivity contribution in [3.05, 3.63) is 24.3 Å². The van der Waals surface area contributed by atoms with Gasteiger partial charge in [0.25, 0.3) is 0 Å². The van der Waals surface area contributed by atoms with E-state index in [9.17, 15) is 0 Å². The van der Waals surface area contributed by atoms with Crippen LogP contribution in [-0.2, 0) is 9.47 Å². The van der Waals surface area contributed by atoms with E-state index in [1.807, 2.05) is 39.0 Å². The van der Waals surface area contributed by atoms with Gasteiger partial charge in [0.1, 0.15) is 0 Å². The maximum absolute atomic E-state index is 5.37. The zero-order chi connectivity index (χ0) is 9.94. The summed E-state index contributed by atoms with van der Waals surface area (Å²) in [6.45, 7) is 7.33. The third-order valence-electron chi connectivity index (χ3n) is 1.47. The van der Waals surface area contributed by atoms with E-state index in [2.05, 4.69) is 6.08 Å². The lowest BCUT2D eigenvalue weighted by molar-refractivity contribution is -0.133. The van der Waals surface area contributed by atoms with Crippen LogP contribution in [0.2, 0.25) is 0 Å². The molecule has 0 bridgehead atoms. The van der Waals surface area contributed by atoms with Crippen molar-refractivity contribution in [3.63, 3.8) is 0 Å². The lowest BCUT2D eigenvalue weighted by Gasteiger charge is -2.14. The Kier molecular flexibility index (Phi) is 9.05. The first-order chi connectivity index (χ1) is 6.35. The number of allylic oxidation sites excluding steroid dienone is 3. The van der Waals surface area contributed by atoms with E-state index in [-0.39, 0.29) is 6.29 Å². The fourth-order valence-corrected chi connectivity index (χ4v) is 0.935. The average Bonchev–Trinajstić information content (AvgIpc) is 2.13. The Hall–Kier alpha value is -0.600. The largest absolute Gasteiger partial charge is 0.353 e. The van der Waals surface area contributed by atoms with E-state index in [0.29, 0.717) is 13.2 Å². The molecule has 0 aliphatic carbocycles. The van der Waals surface area contributed by atoms with Gasteiger partial charge in [0, 0.05) is 19.6 Å². The van der Waals surface area contributed by atoms with Crippen LogP contribution in [-0.4, -0.2) is 19.5 Å². The summed E-state index contributed by atoms with van der Waals surface area (Å²) in [4.78, 5) is 0. The SMILES string of the molecule is C/C=C/C=C/CC(OCC)OCC. The lowest BCUT2D eigenvalue weighted by Crippen LogP contribution is -2.16. The summed E-state index contributed by atoms with van der Waals surface area (Å²) in [5.74, 6) is 0. The highest BCUT2D eigenvalue weighted by Gasteiger charge is 2.03. The van der Waals surface area contributed by atoms with Crippen molar-refractivity contribution in [1.82, 2.24) is 0 Å². The second-order valence-corrected chi connectivity index (χ2v) is 2.53. The second-order valence-electron chi connectivity index (χ2n) is 2.53. The average molecular weight is 184 g/mol.